The molecule has 0 unspecified atom stereocenters. The van der Waals surface area contributed by atoms with Crippen LogP contribution in [0, 0.1) is 0 Å². The van der Waals surface area contributed by atoms with E-state index in [9.17, 15) is 9.59 Å². The van der Waals surface area contributed by atoms with Gasteiger partial charge < -0.3 is 4.90 Å². The molecule has 1 aromatic rings. The fourth-order valence-corrected chi connectivity index (χ4v) is 1.70. The van der Waals surface area contributed by atoms with Crippen LogP contribution < -0.4 is 0 Å². The molecule has 1 aliphatic rings. The second-order valence-corrected chi connectivity index (χ2v) is 3.58. The number of carbonyl (C=O) groups is 2. The fraction of sp³-hybridized carbons (Fsp3) is 0.429. The van der Waals surface area contributed by atoms with Gasteiger partial charge in [-0.3, -0.25) is 9.59 Å². The maximum absolute atomic E-state index is 11.6. The van der Waals surface area contributed by atoms with Gasteiger partial charge in [-0.2, -0.15) is 0 Å². The molecular formula is C7H7N3O2S. The summed E-state index contributed by atoms with van der Waals surface area (Å²) in [6.45, 7) is 0.756. The molecule has 0 atom stereocenters. The zero-order chi connectivity index (χ0) is 9.26. The molecule has 1 saturated heterocycles. The first-order chi connectivity index (χ1) is 6.27. The van der Waals surface area contributed by atoms with Gasteiger partial charge in [-0.1, -0.05) is 4.49 Å². The average molecular weight is 197 g/mol. The lowest BCUT2D eigenvalue weighted by Crippen LogP contribution is -2.27. The SMILES string of the molecule is O=C1CCN(C(=O)c2cnns2)C1. The van der Waals surface area contributed by atoms with Gasteiger partial charge in [0.2, 0.25) is 0 Å². The summed E-state index contributed by atoms with van der Waals surface area (Å²) in [6.07, 6.45) is 1.90. The van der Waals surface area contributed by atoms with E-state index in [1.165, 1.54) is 11.1 Å². The van der Waals surface area contributed by atoms with Crippen molar-refractivity contribution in [3.8, 4) is 0 Å². The van der Waals surface area contributed by atoms with Crippen molar-refractivity contribution in [2.45, 2.75) is 6.42 Å². The van der Waals surface area contributed by atoms with Gasteiger partial charge in [0.05, 0.1) is 12.7 Å². The summed E-state index contributed by atoms with van der Waals surface area (Å²) in [5.74, 6) is -0.0216. The van der Waals surface area contributed by atoms with Gasteiger partial charge in [0, 0.05) is 13.0 Å². The van der Waals surface area contributed by atoms with Crippen LogP contribution in [-0.2, 0) is 4.79 Å². The Labute approximate surface area is 78.5 Å². The Balaban J connectivity index is 2.10. The van der Waals surface area contributed by atoms with Crippen molar-refractivity contribution in [1.82, 2.24) is 14.5 Å². The number of aromatic nitrogens is 2. The Morgan fingerprint density at radius 1 is 1.62 bits per heavy atom. The monoisotopic (exact) mass is 197 g/mol. The van der Waals surface area contributed by atoms with Gasteiger partial charge in [-0.05, 0) is 11.5 Å². The molecule has 6 heteroatoms. The highest BCUT2D eigenvalue weighted by molar-refractivity contribution is 7.07. The Morgan fingerprint density at radius 3 is 3.00 bits per heavy atom. The van der Waals surface area contributed by atoms with Crippen LogP contribution in [0.4, 0.5) is 0 Å². The van der Waals surface area contributed by atoms with E-state index in [4.69, 9.17) is 0 Å². The highest BCUT2D eigenvalue weighted by atomic mass is 32.1. The summed E-state index contributed by atoms with van der Waals surface area (Å²) in [7, 11) is 0. The number of hydrogen-bond acceptors (Lipinski definition) is 5. The lowest BCUT2D eigenvalue weighted by molar-refractivity contribution is -0.116. The predicted octanol–water partition coefficient (Wildman–Crippen LogP) is -0.0469. The highest BCUT2D eigenvalue weighted by Gasteiger charge is 2.25. The minimum Gasteiger partial charge on any atom is -0.330 e. The number of carbonyl (C=O) groups excluding carboxylic acids is 2. The summed E-state index contributed by atoms with van der Waals surface area (Å²) in [4.78, 5) is 24.5. The minimum atomic E-state index is -0.138. The molecule has 0 saturated carbocycles. The summed E-state index contributed by atoms with van der Waals surface area (Å²) >= 11 is 1.06. The topological polar surface area (TPSA) is 63.2 Å². The number of rotatable bonds is 1. The number of ketones is 1. The zero-order valence-electron chi connectivity index (χ0n) is 6.77. The van der Waals surface area contributed by atoms with Crippen molar-refractivity contribution in [3.63, 3.8) is 0 Å². The van der Waals surface area contributed by atoms with Crippen LogP contribution in [0.1, 0.15) is 16.1 Å². The fourth-order valence-electron chi connectivity index (χ4n) is 1.22. The number of hydrogen-bond donors (Lipinski definition) is 0. The van der Waals surface area contributed by atoms with Crippen LogP contribution in [0.15, 0.2) is 6.20 Å². The lowest BCUT2D eigenvalue weighted by atomic mass is 10.4. The van der Waals surface area contributed by atoms with E-state index in [-0.39, 0.29) is 18.2 Å². The standard InChI is InChI=1S/C7H7N3O2S/c11-5-1-2-10(4-5)7(12)6-3-8-9-13-6/h3H,1-2,4H2. The molecule has 0 bridgehead atoms. The highest BCUT2D eigenvalue weighted by Crippen LogP contribution is 2.11. The molecule has 0 aliphatic carbocycles. The van der Waals surface area contributed by atoms with E-state index in [1.54, 1.807) is 0 Å². The van der Waals surface area contributed by atoms with Crippen molar-refractivity contribution >= 4 is 23.2 Å². The molecule has 1 aromatic heterocycles. The smallest absolute Gasteiger partial charge is 0.267 e. The maximum Gasteiger partial charge on any atom is 0.267 e. The van der Waals surface area contributed by atoms with Crippen LogP contribution in [0.3, 0.4) is 0 Å². The first kappa shape index (κ1) is 8.31. The average Bonchev–Trinajstić information content (AvgIpc) is 2.72. The van der Waals surface area contributed by atoms with E-state index in [1.807, 2.05) is 0 Å². The molecule has 2 heterocycles. The summed E-state index contributed by atoms with van der Waals surface area (Å²) < 4.78 is 3.59. The van der Waals surface area contributed by atoms with Crippen molar-refractivity contribution in [3.05, 3.63) is 11.1 Å². The third kappa shape index (κ3) is 1.57. The largest absolute Gasteiger partial charge is 0.330 e. The zero-order valence-corrected chi connectivity index (χ0v) is 7.58. The van der Waals surface area contributed by atoms with Crippen LogP contribution in [-0.4, -0.2) is 39.3 Å². The van der Waals surface area contributed by atoms with E-state index in [0.717, 1.165) is 11.5 Å². The third-order valence-corrected chi connectivity index (χ3v) is 2.54. The maximum atomic E-state index is 11.6. The number of likely N-dealkylation sites (tertiary alicyclic amines) is 1. The molecule has 1 amide bonds. The molecule has 68 valence electrons. The first-order valence-electron chi connectivity index (χ1n) is 3.85. The Hall–Kier alpha value is -1.30. The van der Waals surface area contributed by atoms with E-state index in [0.29, 0.717) is 17.8 Å². The van der Waals surface area contributed by atoms with E-state index < -0.39 is 0 Å². The van der Waals surface area contributed by atoms with Gasteiger partial charge >= 0.3 is 0 Å². The Morgan fingerprint density at radius 2 is 2.46 bits per heavy atom. The molecule has 0 spiro atoms. The van der Waals surface area contributed by atoms with Crippen LogP contribution >= 0.6 is 11.5 Å². The second-order valence-electron chi connectivity index (χ2n) is 2.80. The third-order valence-electron chi connectivity index (χ3n) is 1.89. The van der Waals surface area contributed by atoms with Crippen LogP contribution in [0.25, 0.3) is 0 Å². The van der Waals surface area contributed by atoms with Crippen LogP contribution in [0.2, 0.25) is 0 Å². The van der Waals surface area contributed by atoms with Gasteiger partial charge in [0.1, 0.15) is 4.88 Å². The van der Waals surface area contributed by atoms with Gasteiger partial charge in [-0.15, -0.1) is 5.10 Å². The van der Waals surface area contributed by atoms with Crippen molar-refractivity contribution < 1.29 is 9.59 Å². The van der Waals surface area contributed by atoms with E-state index in [2.05, 4.69) is 9.59 Å². The summed E-state index contributed by atoms with van der Waals surface area (Å²) in [5, 5.41) is 3.57. The molecule has 0 N–H and O–H groups in total. The number of Topliss-reactive ketones (excluding diaryl/α,β-unsaturated/α-hetero) is 1. The molecule has 13 heavy (non-hydrogen) atoms. The van der Waals surface area contributed by atoms with Gasteiger partial charge in [-0.25, -0.2) is 0 Å². The first-order valence-corrected chi connectivity index (χ1v) is 4.63. The number of amides is 1. The van der Waals surface area contributed by atoms with Crippen LogP contribution in [0.5, 0.6) is 0 Å². The van der Waals surface area contributed by atoms with E-state index >= 15 is 0 Å². The Kier molecular flexibility index (Phi) is 2.05. The molecule has 2 rings (SSSR count). The van der Waals surface area contributed by atoms with Crippen molar-refractivity contribution in [2.75, 3.05) is 13.1 Å². The van der Waals surface area contributed by atoms with Crippen molar-refractivity contribution in [2.24, 2.45) is 0 Å². The minimum absolute atomic E-state index is 0.117. The number of nitrogens with zero attached hydrogens (tertiary/aromatic N) is 3. The Bertz CT molecular complexity index is 336. The second kappa shape index (κ2) is 3.21. The molecule has 0 radical (unpaired) electrons. The summed E-state index contributed by atoms with van der Waals surface area (Å²) in [6, 6.07) is 0. The summed E-state index contributed by atoms with van der Waals surface area (Å²) in [5.41, 5.74) is 0. The van der Waals surface area contributed by atoms with Crippen molar-refractivity contribution in [1.29, 1.82) is 0 Å². The molecular weight excluding hydrogens is 190 g/mol. The molecule has 0 aromatic carbocycles. The quantitative estimate of drug-likeness (QED) is 0.633. The lowest BCUT2D eigenvalue weighted by Gasteiger charge is -2.11. The predicted molar refractivity (Wildman–Crippen MR) is 45.4 cm³/mol. The normalized spacial score (nSPS) is 16.6. The van der Waals surface area contributed by atoms with Gasteiger partial charge in [0.25, 0.3) is 5.91 Å². The molecule has 1 aliphatic heterocycles. The molecule has 5 nitrogen and oxygen atoms in total. The molecule has 1 fully saturated rings. The van der Waals surface area contributed by atoms with Gasteiger partial charge in [0.15, 0.2) is 5.78 Å².